The van der Waals surface area contributed by atoms with Crippen molar-refractivity contribution in [2.75, 3.05) is 0 Å². The molecule has 1 saturated carbocycles. The van der Waals surface area contributed by atoms with Gasteiger partial charge < -0.3 is 0 Å². The summed E-state index contributed by atoms with van der Waals surface area (Å²) >= 11 is 0. The molecule has 0 atom stereocenters. The summed E-state index contributed by atoms with van der Waals surface area (Å²) in [7, 11) is 0. The lowest BCUT2D eigenvalue weighted by molar-refractivity contribution is 0.224. The van der Waals surface area contributed by atoms with Crippen LogP contribution in [0.25, 0.3) is 11.1 Å². The molecule has 0 unspecified atom stereocenters. The molecular formula is C21H26. The maximum atomic E-state index is 8.84. The van der Waals surface area contributed by atoms with Gasteiger partial charge in [0.2, 0.25) is 0 Å². The predicted molar refractivity (Wildman–Crippen MR) is 91.6 cm³/mol. The van der Waals surface area contributed by atoms with Crippen molar-refractivity contribution in [2.45, 2.75) is 52.3 Å². The van der Waals surface area contributed by atoms with E-state index in [0.717, 1.165) is 25.7 Å². The average Bonchev–Trinajstić information content (AvgIpc) is 2.52. The van der Waals surface area contributed by atoms with Gasteiger partial charge in [-0.3, -0.25) is 0 Å². The molecule has 0 amide bonds. The molecule has 0 nitrogen and oxygen atoms in total. The highest BCUT2D eigenvalue weighted by molar-refractivity contribution is 5.64. The molecule has 21 heavy (non-hydrogen) atoms. The van der Waals surface area contributed by atoms with Crippen molar-refractivity contribution in [1.82, 2.24) is 0 Å². The van der Waals surface area contributed by atoms with Crippen LogP contribution < -0.4 is 0 Å². The summed E-state index contributed by atoms with van der Waals surface area (Å²) in [5, 5.41) is 0. The minimum atomic E-state index is -0.388. The molecule has 0 radical (unpaired) electrons. The highest BCUT2D eigenvalue weighted by Gasteiger charge is 2.27. The van der Waals surface area contributed by atoms with E-state index in [-0.39, 0.29) is 5.89 Å². The van der Waals surface area contributed by atoms with Crippen molar-refractivity contribution in [3.8, 4) is 11.1 Å². The van der Waals surface area contributed by atoms with Crippen LogP contribution >= 0.6 is 0 Å². The third-order valence-corrected chi connectivity index (χ3v) is 4.89. The summed E-state index contributed by atoms with van der Waals surface area (Å²) in [6, 6.07) is 17.3. The number of aryl methyl sites for hydroxylation is 1. The predicted octanol–water partition coefficient (Wildman–Crippen LogP) is 6.35. The van der Waals surface area contributed by atoms with Gasteiger partial charge in [0.15, 0.2) is 0 Å². The molecule has 1 aliphatic carbocycles. The van der Waals surface area contributed by atoms with Gasteiger partial charge in [-0.15, -0.1) is 0 Å². The fourth-order valence-electron chi connectivity index (χ4n) is 3.16. The Morgan fingerprint density at radius 1 is 0.857 bits per heavy atom. The number of rotatable bonds is 2. The van der Waals surface area contributed by atoms with E-state index in [1.54, 1.807) is 0 Å². The molecule has 1 aliphatic rings. The van der Waals surface area contributed by atoms with Gasteiger partial charge in [-0.05, 0) is 60.6 Å². The van der Waals surface area contributed by atoms with Crippen molar-refractivity contribution in [2.24, 2.45) is 5.41 Å². The van der Waals surface area contributed by atoms with Crippen molar-refractivity contribution >= 4 is 0 Å². The first-order valence-corrected chi connectivity index (χ1v) is 8.06. The lowest BCUT2D eigenvalue weighted by Crippen LogP contribution is -2.20. The van der Waals surface area contributed by atoms with E-state index in [0.29, 0.717) is 5.41 Å². The smallest absolute Gasteiger partial charge is 0.0352 e. The molecule has 1 fully saturated rings. The average molecular weight is 279 g/mol. The summed E-state index contributed by atoms with van der Waals surface area (Å²) in [6.45, 7) is 6.77. The minimum absolute atomic E-state index is 0.388. The van der Waals surface area contributed by atoms with Crippen molar-refractivity contribution in [1.29, 1.82) is 0 Å². The van der Waals surface area contributed by atoms with Gasteiger partial charge in [0.05, 0.1) is 0 Å². The molecule has 2 aromatic carbocycles. The summed E-state index contributed by atoms with van der Waals surface area (Å²) in [6.07, 6.45) is 4.25. The zero-order valence-corrected chi connectivity index (χ0v) is 13.4. The monoisotopic (exact) mass is 279 g/mol. The van der Waals surface area contributed by atoms with Crippen LogP contribution in [0.1, 0.15) is 57.9 Å². The molecule has 0 aliphatic heterocycles. The highest BCUT2D eigenvalue weighted by atomic mass is 14.3. The van der Waals surface area contributed by atoms with Gasteiger partial charge in [-0.2, -0.15) is 0 Å². The molecule has 0 heterocycles. The number of hydrogen-bond donors (Lipinski definition) is 0. The van der Waals surface area contributed by atoms with Crippen LogP contribution in [0.5, 0.6) is 0 Å². The van der Waals surface area contributed by atoms with E-state index >= 15 is 0 Å². The molecule has 0 saturated heterocycles. The fourth-order valence-corrected chi connectivity index (χ4v) is 3.16. The van der Waals surface area contributed by atoms with Gasteiger partial charge in [0.1, 0.15) is 0 Å². The van der Waals surface area contributed by atoms with E-state index in [9.17, 15) is 0 Å². The second kappa shape index (κ2) is 5.67. The SMILES string of the molecule is [2H]C1(c2ccc(-c3ccc(C)cc3)cc2)CCC(C)(C)CC1. The quantitative estimate of drug-likeness (QED) is 0.601. The third-order valence-electron chi connectivity index (χ3n) is 4.89. The Labute approximate surface area is 130 Å². The van der Waals surface area contributed by atoms with Crippen LogP contribution in [0.15, 0.2) is 48.5 Å². The molecule has 0 N–H and O–H groups in total. The zero-order valence-electron chi connectivity index (χ0n) is 14.4. The van der Waals surface area contributed by atoms with E-state index < -0.39 is 0 Å². The Morgan fingerprint density at radius 2 is 1.33 bits per heavy atom. The Morgan fingerprint density at radius 3 is 1.86 bits per heavy atom. The molecule has 0 spiro atoms. The van der Waals surface area contributed by atoms with Crippen LogP contribution in [-0.2, 0) is 0 Å². The maximum Gasteiger partial charge on any atom is 0.0352 e. The molecule has 2 aromatic rings. The van der Waals surface area contributed by atoms with Gasteiger partial charge in [-0.1, -0.05) is 67.9 Å². The Balaban J connectivity index is 1.81. The van der Waals surface area contributed by atoms with Crippen molar-refractivity contribution < 1.29 is 1.37 Å². The topological polar surface area (TPSA) is 0 Å². The lowest BCUT2D eigenvalue weighted by atomic mass is 9.71. The van der Waals surface area contributed by atoms with Gasteiger partial charge in [0, 0.05) is 1.37 Å². The fraction of sp³-hybridized carbons (Fsp3) is 0.429. The number of hydrogen-bond acceptors (Lipinski definition) is 0. The van der Waals surface area contributed by atoms with Crippen LogP contribution in [0.4, 0.5) is 0 Å². The van der Waals surface area contributed by atoms with Crippen LogP contribution in [0, 0.1) is 12.3 Å². The van der Waals surface area contributed by atoms with E-state index in [2.05, 4.69) is 69.3 Å². The summed E-state index contributed by atoms with van der Waals surface area (Å²) in [4.78, 5) is 0. The van der Waals surface area contributed by atoms with E-state index in [1.165, 1.54) is 22.3 Å². The normalized spacial score (nSPS) is 20.8. The summed E-state index contributed by atoms with van der Waals surface area (Å²) in [5.74, 6) is -0.388. The van der Waals surface area contributed by atoms with Crippen molar-refractivity contribution in [3.63, 3.8) is 0 Å². The Kier molecular flexibility index (Phi) is 3.55. The van der Waals surface area contributed by atoms with Gasteiger partial charge in [-0.25, -0.2) is 0 Å². The second-order valence-electron chi connectivity index (χ2n) is 7.21. The maximum absolute atomic E-state index is 8.84. The molecule has 0 aromatic heterocycles. The van der Waals surface area contributed by atoms with Crippen LogP contribution in [-0.4, -0.2) is 0 Å². The van der Waals surface area contributed by atoms with E-state index in [1.807, 2.05) is 0 Å². The third kappa shape index (κ3) is 3.37. The largest absolute Gasteiger partial charge is 0.0599 e. The molecule has 0 heteroatoms. The van der Waals surface area contributed by atoms with Crippen LogP contribution in [0.2, 0.25) is 0 Å². The minimum Gasteiger partial charge on any atom is -0.0599 e. The standard InChI is InChI=1S/C21H26/c1-16-4-6-17(7-5-16)18-8-10-19(11-9-18)20-12-14-21(2,3)15-13-20/h4-11,20H,12-15H2,1-3H3/i20D. The molecule has 110 valence electrons. The molecular weight excluding hydrogens is 252 g/mol. The van der Waals surface area contributed by atoms with Crippen LogP contribution in [0.3, 0.4) is 0 Å². The Hall–Kier alpha value is -1.56. The first-order chi connectivity index (χ1) is 10.4. The highest BCUT2D eigenvalue weighted by Crippen LogP contribution is 2.42. The first kappa shape index (κ1) is 13.1. The number of benzene rings is 2. The van der Waals surface area contributed by atoms with Gasteiger partial charge >= 0.3 is 0 Å². The summed E-state index contributed by atoms with van der Waals surface area (Å²) < 4.78 is 8.84. The Bertz CT molecular complexity index is 625. The summed E-state index contributed by atoms with van der Waals surface area (Å²) in [5.41, 5.74) is 5.37. The molecule has 0 bridgehead atoms. The molecule has 3 rings (SSSR count). The zero-order chi connectivity index (χ0) is 15.8. The van der Waals surface area contributed by atoms with Gasteiger partial charge in [0.25, 0.3) is 0 Å². The second-order valence-corrected chi connectivity index (χ2v) is 7.21. The lowest BCUT2D eigenvalue weighted by Gasteiger charge is -2.34. The first-order valence-electron chi connectivity index (χ1n) is 8.56. The van der Waals surface area contributed by atoms with Crippen molar-refractivity contribution in [3.05, 3.63) is 59.7 Å². The van der Waals surface area contributed by atoms with E-state index in [4.69, 9.17) is 1.37 Å².